The fraction of sp³-hybridized carbons (Fsp3) is 0.625. The molecule has 0 heterocycles. The van der Waals surface area contributed by atoms with Crippen LogP contribution in [0.4, 0.5) is 0 Å². The minimum Gasteiger partial charge on any atom is -0.393 e. The van der Waals surface area contributed by atoms with Gasteiger partial charge < -0.3 is 5.11 Å². The van der Waals surface area contributed by atoms with E-state index < -0.39 is 0 Å². The van der Waals surface area contributed by atoms with E-state index in [-0.39, 0.29) is 6.10 Å². The molecule has 1 aromatic rings. The van der Waals surface area contributed by atoms with Crippen molar-refractivity contribution in [2.75, 3.05) is 0 Å². The molecule has 2 heteroatoms. The molecular formula is C16H25ClO. The van der Waals surface area contributed by atoms with Gasteiger partial charge >= 0.3 is 0 Å². The average Bonchev–Trinajstić information content (AvgIpc) is 2.34. The van der Waals surface area contributed by atoms with Gasteiger partial charge in [-0.3, -0.25) is 0 Å². The Balaban J connectivity index is 2.42. The number of hydrogen-bond donors (Lipinski definition) is 1. The lowest BCUT2D eigenvalue weighted by Gasteiger charge is -2.19. The average molecular weight is 269 g/mol. The molecule has 1 rings (SSSR count). The van der Waals surface area contributed by atoms with Gasteiger partial charge in [-0.1, -0.05) is 63.3 Å². The van der Waals surface area contributed by atoms with Crippen molar-refractivity contribution in [3.8, 4) is 0 Å². The fourth-order valence-corrected chi connectivity index (χ4v) is 2.60. The van der Waals surface area contributed by atoms with Crippen molar-refractivity contribution >= 4 is 11.6 Å². The first-order valence-electron chi connectivity index (χ1n) is 7.08. The van der Waals surface area contributed by atoms with Crippen molar-refractivity contribution in [1.82, 2.24) is 0 Å². The highest BCUT2D eigenvalue weighted by Gasteiger charge is 2.13. The summed E-state index contributed by atoms with van der Waals surface area (Å²) in [5.41, 5.74) is 1.13. The Morgan fingerprint density at radius 1 is 1.28 bits per heavy atom. The minimum atomic E-state index is -0.245. The summed E-state index contributed by atoms with van der Waals surface area (Å²) in [5.74, 6) is 0.652. The first-order chi connectivity index (χ1) is 8.65. The van der Waals surface area contributed by atoms with Gasteiger partial charge in [0.15, 0.2) is 0 Å². The third-order valence-corrected chi connectivity index (χ3v) is 3.74. The molecular weight excluding hydrogens is 244 g/mol. The summed E-state index contributed by atoms with van der Waals surface area (Å²) < 4.78 is 0. The number of halogens is 1. The van der Waals surface area contributed by atoms with Gasteiger partial charge in [0, 0.05) is 5.02 Å². The van der Waals surface area contributed by atoms with Crippen LogP contribution in [0.2, 0.25) is 5.02 Å². The number of rotatable bonds is 8. The summed E-state index contributed by atoms with van der Waals surface area (Å²) in [6, 6.07) is 7.78. The zero-order valence-electron chi connectivity index (χ0n) is 11.5. The van der Waals surface area contributed by atoms with Crippen LogP contribution in [0.25, 0.3) is 0 Å². The molecule has 1 aromatic carbocycles. The fourth-order valence-electron chi connectivity index (χ4n) is 2.39. The monoisotopic (exact) mass is 268 g/mol. The van der Waals surface area contributed by atoms with Crippen molar-refractivity contribution in [1.29, 1.82) is 0 Å². The zero-order chi connectivity index (χ0) is 13.4. The normalized spacial score (nSPS) is 14.4. The van der Waals surface area contributed by atoms with E-state index in [9.17, 15) is 5.11 Å². The van der Waals surface area contributed by atoms with E-state index in [4.69, 9.17) is 11.6 Å². The van der Waals surface area contributed by atoms with Gasteiger partial charge in [-0.2, -0.15) is 0 Å². The Kier molecular flexibility index (Phi) is 7.38. The van der Waals surface area contributed by atoms with E-state index >= 15 is 0 Å². The van der Waals surface area contributed by atoms with Crippen LogP contribution in [0.1, 0.15) is 51.5 Å². The van der Waals surface area contributed by atoms with E-state index in [1.165, 1.54) is 19.3 Å². The van der Waals surface area contributed by atoms with E-state index in [1.54, 1.807) is 0 Å². The number of benzene rings is 1. The molecule has 0 amide bonds. The summed E-state index contributed by atoms with van der Waals surface area (Å²) >= 11 is 5.95. The molecule has 0 aromatic heterocycles. The van der Waals surface area contributed by atoms with Gasteiger partial charge in [-0.15, -0.1) is 0 Å². The second-order valence-corrected chi connectivity index (χ2v) is 5.58. The van der Waals surface area contributed by atoms with Crippen LogP contribution < -0.4 is 0 Å². The highest BCUT2D eigenvalue weighted by Crippen LogP contribution is 2.21. The number of aliphatic hydroxyl groups excluding tert-OH is 1. The molecule has 2 unspecified atom stereocenters. The quantitative estimate of drug-likeness (QED) is 0.715. The molecule has 0 saturated heterocycles. The van der Waals surface area contributed by atoms with Crippen LogP contribution in [0.15, 0.2) is 24.3 Å². The minimum absolute atomic E-state index is 0.245. The largest absolute Gasteiger partial charge is 0.393 e. The first-order valence-corrected chi connectivity index (χ1v) is 7.46. The molecule has 0 radical (unpaired) electrons. The van der Waals surface area contributed by atoms with Crippen LogP contribution in [-0.4, -0.2) is 11.2 Å². The number of hydrogen-bond acceptors (Lipinski definition) is 1. The van der Waals surface area contributed by atoms with Crippen molar-refractivity contribution < 1.29 is 5.11 Å². The molecule has 0 spiro atoms. The Hall–Kier alpha value is -0.530. The molecule has 102 valence electrons. The molecule has 0 bridgehead atoms. The Bertz CT molecular complexity index is 338. The summed E-state index contributed by atoms with van der Waals surface area (Å²) in [6.07, 6.45) is 6.27. The molecule has 0 aliphatic carbocycles. The maximum absolute atomic E-state index is 10.2. The maximum Gasteiger partial charge on any atom is 0.0583 e. The molecule has 18 heavy (non-hydrogen) atoms. The number of unbranched alkanes of at least 4 members (excludes halogenated alkanes) is 1. The predicted molar refractivity (Wildman–Crippen MR) is 79.1 cm³/mol. The summed E-state index contributed by atoms with van der Waals surface area (Å²) in [7, 11) is 0. The summed E-state index contributed by atoms with van der Waals surface area (Å²) in [4.78, 5) is 0. The summed E-state index contributed by atoms with van der Waals surface area (Å²) in [6.45, 7) is 4.43. The van der Waals surface area contributed by atoms with Crippen LogP contribution in [0.3, 0.4) is 0 Å². The zero-order valence-corrected chi connectivity index (χ0v) is 12.3. The van der Waals surface area contributed by atoms with Crippen LogP contribution in [-0.2, 0) is 6.42 Å². The van der Waals surface area contributed by atoms with Gasteiger partial charge in [0.25, 0.3) is 0 Å². The molecule has 0 fully saturated rings. The highest BCUT2D eigenvalue weighted by molar-refractivity contribution is 6.30. The molecule has 0 aliphatic rings. The number of aliphatic hydroxyl groups is 1. The predicted octanol–water partition coefficient (Wildman–Crippen LogP) is 4.85. The molecule has 2 atom stereocenters. The SMILES string of the molecule is CCCCC(CC)CC(O)Cc1cccc(Cl)c1. The van der Waals surface area contributed by atoms with Crippen LogP contribution >= 0.6 is 11.6 Å². The third kappa shape index (κ3) is 5.88. The van der Waals surface area contributed by atoms with Crippen molar-refractivity contribution in [2.24, 2.45) is 5.92 Å². The van der Waals surface area contributed by atoms with Crippen molar-refractivity contribution in [2.45, 2.75) is 58.5 Å². The molecule has 1 N–H and O–H groups in total. The van der Waals surface area contributed by atoms with Gasteiger partial charge in [-0.05, 0) is 36.5 Å². The highest BCUT2D eigenvalue weighted by atomic mass is 35.5. The Morgan fingerprint density at radius 3 is 2.67 bits per heavy atom. The van der Waals surface area contributed by atoms with Gasteiger partial charge in [-0.25, -0.2) is 0 Å². The molecule has 0 saturated carbocycles. The van der Waals surface area contributed by atoms with Gasteiger partial charge in [0.1, 0.15) is 0 Å². The topological polar surface area (TPSA) is 20.2 Å². The van der Waals surface area contributed by atoms with E-state index in [0.29, 0.717) is 12.3 Å². The standard InChI is InChI=1S/C16H25ClO/c1-3-5-7-13(4-2)11-16(18)12-14-8-6-9-15(17)10-14/h6,8-10,13,16,18H,3-5,7,11-12H2,1-2H3. The lowest BCUT2D eigenvalue weighted by atomic mass is 9.91. The first kappa shape index (κ1) is 15.5. The second-order valence-electron chi connectivity index (χ2n) is 5.14. The Labute approximate surface area is 116 Å². The van der Waals surface area contributed by atoms with Crippen LogP contribution in [0.5, 0.6) is 0 Å². The molecule has 1 nitrogen and oxygen atoms in total. The second kappa shape index (κ2) is 8.55. The van der Waals surface area contributed by atoms with Gasteiger partial charge in [0.2, 0.25) is 0 Å². The van der Waals surface area contributed by atoms with E-state index in [0.717, 1.165) is 23.4 Å². The lowest BCUT2D eigenvalue weighted by Crippen LogP contribution is -2.16. The summed E-state index contributed by atoms with van der Waals surface area (Å²) in [5, 5.41) is 10.9. The van der Waals surface area contributed by atoms with E-state index in [1.807, 2.05) is 24.3 Å². The van der Waals surface area contributed by atoms with Crippen molar-refractivity contribution in [3.05, 3.63) is 34.9 Å². The Morgan fingerprint density at radius 2 is 2.06 bits per heavy atom. The lowest BCUT2D eigenvalue weighted by molar-refractivity contribution is 0.137. The third-order valence-electron chi connectivity index (χ3n) is 3.51. The molecule has 0 aliphatic heterocycles. The van der Waals surface area contributed by atoms with Gasteiger partial charge in [0.05, 0.1) is 6.10 Å². The van der Waals surface area contributed by atoms with Crippen molar-refractivity contribution in [3.63, 3.8) is 0 Å². The van der Waals surface area contributed by atoms with E-state index in [2.05, 4.69) is 13.8 Å². The maximum atomic E-state index is 10.2. The smallest absolute Gasteiger partial charge is 0.0583 e. The van der Waals surface area contributed by atoms with Crippen LogP contribution in [0, 0.1) is 5.92 Å².